The molecule has 0 spiro atoms. The number of aromatic nitrogens is 3. The smallest absolute Gasteiger partial charge is 0.123 e. The molecule has 1 N–H and O–H groups in total. The normalized spacial score (nSPS) is 15.0. The van der Waals surface area contributed by atoms with Crippen LogP contribution in [0.5, 0.6) is 0 Å². The van der Waals surface area contributed by atoms with Crippen molar-refractivity contribution in [3.63, 3.8) is 0 Å². The summed E-state index contributed by atoms with van der Waals surface area (Å²) in [4.78, 5) is 0. The van der Waals surface area contributed by atoms with Crippen molar-refractivity contribution >= 4 is 0 Å². The summed E-state index contributed by atoms with van der Waals surface area (Å²) < 4.78 is 14.7. The summed E-state index contributed by atoms with van der Waals surface area (Å²) in [6, 6.07) is 5.31. The topological polar surface area (TPSA) is 42.7 Å². The van der Waals surface area contributed by atoms with Gasteiger partial charge in [-0.15, -0.1) is 5.10 Å². The molecule has 1 aromatic heterocycles. The van der Waals surface area contributed by atoms with Crippen molar-refractivity contribution in [2.45, 2.75) is 32.4 Å². The Morgan fingerprint density at radius 3 is 3.00 bits per heavy atom. The van der Waals surface area contributed by atoms with Crippen molar-refractivity contribution in [1.29, 1.82) is 0 Å². The lowest BCUT2D eigenvalue weighted by Gasteiger charge is -2.04. The zero-order valence-corrected chi connectivity index (χ0v) is 10.2. The molecule has 18 heavy (non-hydrogen) atoms. The SMILES string of the molecule is Cc1cc(F)ccc1-n1cc(CNC2CC2)nn1. The molecule has 0 amide bonds. The van der Waals surface area contributed by atoms with Gasteiger partial charge in [-0.3, -0.25) is 0 Å². The highest BCUT2D eigenvalue weighted by Gasteiger charge is 2.20. The third-order valence-electron chi connectivity index (χ3n) is 3.10. The molecular formula is C13H15FN4. The molecule has 1 aromatic carbocycles. The first-order valence-corrected chi connectivity index (χ1v) is 6.13. The third kappa shape index (κ3) is 2.41. The van der Waals surface area contributed by atoms with Gasteiger partial charge < -0.3 is 5.32 Å². The predicted molar refractivity (Wildman–Crippen MR) is 65.9 cm³/mol. The number of halogens is 1. The second kappa shape index (κ2) is 4.49. The van der Waals surface area contributed by atoms with Crippen LogP contribution >= 0.6 is 0 Å². The molecule has 0 unspecified atom stereocenters. The standard InChI is InChI=1S/C13H15FN4/c1-9-6-10(14)2-5-13(9)18-8-12(16-17-18)7-15-11-3-4-11/h2,5-6,8,11,15H,3-4,7H2,1H3. The van der Waals surface area contributed by atoms with Gasteiger partial charge in [0.2, 0.25) is 0 Å². The predicted octanol–water partition coefficient (Wildman–Crippen LogP) is 1.97. The van der Waals surface area contributed by atoms with E-state index in [-0.39, 0.29) is 5.82 Å². The third-order valence-corrected chi connectivity index (χ3v) is 3.10. The zero-order chi connectivity index (χ0) is 12.5. The summed E-state index contributed by atoms with van der Waals surface area (Å²) in [5.41, 5.74) is 2.62. The number of nitrogens with one attached hydrogen (secondary N) is 1. The number of nitrogens with zero attached hydrogens (tertiary/aromatic N) is 3. The maximum absolute atomic E-state index is 13.0. The van der Waals surface area contributed by atoms with E-state index in [2.05, 4.69) is 15.6 Å². The van der Waals surface area contributed by atoms with Gasteiger partial charge in [0, 0.05) is 12.6 Å². The number of hydrogen-bond donors (Lipinski definition) is 1. The molecule has 0 radical (unpaired) electrons. The molecule has 1 heterocycles. The van der Waals surface area contributed by atoms with Crippen LogP contribution in [0.3, 0.4) is 0 Å². The van der Waals surface area contributed by atoms with Crippen molar-refractivity contribution in [2.75, 3.05) is 0 Å². The van der Waals surface area contributed by atoms with E-state index in [1.165, 1.54) is 25.0 Å². The molecule has 5 heteroatoms. The van der Waals surface area contributed by atoms with Gasteiger partial charge in [0.05, 0.1) is 17.6 Å². The number of rotatable bonds is 4. The van der Waals surface area contributed by atoms with Gasteiger partial charge in [-0.2, -0.15) is 0 Å². The molecule has 0 bridgehead atoms. The molecular weight excluding hydrogens is 231 g/mol. The van der Waals surface area contributed by atoms with Crippen molar-refractivity contribution < 1.29 is 4.39 Å². The minimum atomic E-state index is -0.230. The Morgan fingerprint density at radius 2 is 2.28 bits per heavy atom. The fourth-order valence-electron chi connectivity index (χ4n) is 1.91. The van der Waals surface area contributed by atoms with Gasteiger partial charge in [0.25, 0.3) is 0 Å². The minimum absolute atomic E-state index is 0.230. The highest BCUT2D eigenvalue weighted by atomic mass is 19.1. The minimum Gasteiger partial charge on any atom is -0.308 e. The average molecular weight is 246 g/mol. The van der Waals surface area contributed by atoms with E-state index in [4.69, 9.17) is 0 Å². The van der Waals surface area contributed by atoms with E-state index < -0.39 is 0 Å². The first-order chi connectivity index (χ1) is 8.72. The summed E-state index contributed by atoms with van der Waals surface area (Å²) >= 11 is 0. The van der Waals surface area contributed by atoms with Gasteiger partial charge in [0.1, 0.15) is 5.82 Å². The Hall–Kier alpha value is -1.75. The Morgan fingerprint density at radius 1 is 1.44 bits per heavy atom. The molecule has 3 rings (SSSR count). The molecule has 1 aliphatic rings. The summed E-state index contributed by atoms with van der Waals surface area (Å²) in [7, 11) is 0. The second-order valence-corrected chi connectivity index (χ2v) is 4.74. The lowest BCUT2D eigenvalue weighted by molar-refractivity contribution is 0.625. The Balaban J connectivity index is 1.78. The fraction of sp³-hybridized carbons (Fsp3) is 0.385. The van der Waals surface area contributed by atoms with Gasteiger partial charge in [-0.25, -0.2) is 9.07 Å². The summed E-state index contributed by atoms with van der Waals surface area (Å²) in [6.07, 6.45) is 4.39. The van der Waals surface area contributed by atoms with Crippen LogP contribution in [-0.4, -0.2) is 21.0 Å². The molecule has 4 nitrogen and oxygen atoms in total. The molecule has 1 fully saturated rings. The van der Waals surface area contributed by atoms with E-state index in [0.29, 0.717) is 6.04 Å². The molecule has 94 valence electrons. The van der Waals surface area contributed by atoms with Crippen LogP contribution in [0.2, 0.25) is 0 Å². The molecule has 1 aliphatic carbocycles. The molecule has 0 atom stereocenters. The van der Waals surface area contributed by atoms with Gasteiger partial charge in [-0.05, 0) is 43.5 Å². The van der Waals surface area contributed by atoms with Gasteiger partial charge in [0.15, 0.2) is 0 Å². The maximum Gasteiger partial charge on any atom is 0.123 e. The monoisotopic (exact) mass is 246 g/mol. The second-order valence-electron chi connectivity index (χ2n) is 4.74. The van der Waals surface area contributed by atoms with Gasteiger partial charge >= 0.3 is 0 Å². The first-order valence-electron chi connectivity index (χ1n) is 6.13. The Labute approximate surface area is 105 Å². The molecule has 1 saturated carbocycles. The lowest BCUT2D eigenvalue weighted by Crippen LogP contribution is -2.15. The van der Waals surface area contributed by atoms with Crippen LogP contribution in [0, 0.1) is 12.7 Å². The van der Waals surface area contributed by atoms with E-state index in [0.717, 1.165) is 23.5 Å². The quantitative estimate of drug-likeness (QED) is 0.896. The summed E-state index contributed by atoms with van der Waals surface area (Å²) in [6.45, 7) is 2.60. The van der Waals surface area contributed by atoms with Crippen molar-refractivity contribution in [1.82, 2.24) is 20.3 Å². The number of hydrogen-bond acceptors (Lipinski definition) is 3. The van der Waals surface area contributed by atoms with E-state index in [1.54, 1.807) is 10.7 Å². The highest BCUT2D eigenvalue weighted by Crippen LogP contribution is 2.19. The Kier molecular flexibility index (Phi) is 2.83. The molecule has 0 saturated heterocycles. The van der Waals surface area contributed by atoms with Crippen molar-refractivity contribution in [3.8, 4) is 5.69 Å². The Bertz CT molecular complexity index is 560. The number of aryl methyl sites for hydroxylation is 1. The average Bonchev–Trinajstić information content (AvgIpc) is 3.05. The lowest BCUT2D eigenvalue weighted by atomic mass is 10.2. The van der Waals surface area contributed by atoms with Crippen molar-refractivity contribution in [2.24, 2.45) is 0 Å². The molecule has 2 aromatic rings. The first kappa shape index (κ1) is 11.3. The van der Waals surface area contributed by atoms with Crippen LogP contribution in [0.4, 0.5) is 4.39 Å². The maximum atomic E-state index is 13.0. The fourth-order valence-corrected chi connectivity index (χ4v) is 1.91. The van der Waals surface area contributed by atoms with Crippen molar-refractivity contribution in [3.05, 3.63) is 41.5 Å². The van der Waals surface area contributed by atoms with Crippen LogP contribution in [0.1, 0.15) is 24.1 Å². The van der Waals surface area contributed by atoms with Crippen LogP contribution in [-0.2, 0) is 6.54 Å². The van der Waals surface area contributed by atoms with E-state index in [1.807, 2.05) is 13.1 Å². The van der Waals surface area contributed by atoms with Crippen LogP contribution < -0.4 is 5.32 Å². The summed E-state index contributed by atoms with van der Waals surface area (Å²) in [5.74, 6) is -0.230. The largest absolute Gasteiger partial charge is 0.308 e. The molecule has 0 aliphatic heterocycles. The highest BCUT2D eigenvalue weighted by molar-refractivity contribution is 5.39. The summed E-state index contributed by atoms with van der Waals surface area (Å²) in [5, 5.41) is 11.6. The van der Waals surface area contributed by atoms with Crippen LogP contribution in [0.15, 0.2) is 24.4 Å². The van der Waals surface area contributed by atoms with Crippen LogP contribution in [0.25, 0.3) is 5.69 Å². The zero-order valence-electron chi connectivity index (χ0n) is 10.2. The number of benzene rings is 1. The van der Waals surface area contributed by atoms with E-state index >= 15 is 0 Å². The van der Waals surface area contributed by atoms with E-state index in [9.17, 15) is 4.39 Å². The van der Waals surface area contributed by atoms with Gasteiger partial charge in [-0.1, -0.05) is 5.21 Å².